The second-order valence-corrected chi connectivity index (χ2v) is 7.77. The Balaban J connectivity index is 1.76. The molecule has 2 aliphatic heterocycles. The quantitative estimate of drug-likeness (QED) is 0.806. The number of likely N-dealkylation sites (tertiary alicyclic amines) is 1. The molecule has 3 aliphatic carbocycles. The largest absolute Gasteiger partial charge is 0.497 e. The zero-order valence-electron chi connectivity index (χ0n) is 13.5. The van der Waals surface area contributed by atoms with Gasteiger partial charge in [-0.25, -0.2) is 0 Å². The van der Waals surface area contributed by atoms with Gasteiger partial charge in [-0.2, -0.15) is 0 Å². The monoisotopic (exact) mass is 303 g/mol. The average Bonchev–Trinajstić information content (AvgIpc) is 2.88. The van der Waals surface area contributed by atoms with Gasteiger partial charge in [0.15, 0.2) is 5.76 Å². The van der Waals surface area contributed by atoms with Crippen molar-refractivity contribution in [3.63, 3.8) is 0 Å². The summed E-state index contributed by atoms with van der Waals surface area (Å²) in [5.41, 5.74) is 3.09. The van der Waals surface area contributed by atoms with E-state index in [1.54, 1.807) is 12.7 Å². The third-order valence-corrected chi connectivity index (χ3v) is 7.10. The van der Waals surface area contributed by atoms with Crippen molar-refractivity contribution in [2.75, 3.05) is 20.7 Å². The lowest BCUT2D eigenvalue weighted by Gasteiger charge is -2.58. The molecule has 0 aromatic rings. The first-order chi connectivity index (χ1) is 10.7. The molecule has 5 aliphatic rings. The summed E-state index contributed by atoms with van der Waals surface area (Å²) in [6, 6.07) is 0.634. The molecule has 0 radical (unpaired) electrons. The molecule has 0 aromatic heterocycles. The minimum atomic E-state index is -0.330. The van der Waals surface area contributed by atoms with Gasteiger partial charge in [0.25, 0.3) is 0 Å². The normalized spacial score (nSPS) is 46.5. The predicted molar refractivity (Wildman–Crippen MR) is 82.0 cm³/mol. The summed E-state index contributed by atoms with van der Waals surface area (Å²) in [5.74, 6) is 2.64. The predicted octanol–water partition coefficient (Wildman–Crippen LogP) is 2.20. The molecule has 5 rings (SSSR count). The van der Waals surface area contributed by atoms with Crippen molar-refractivity contribution in [1.29, 1.82) is 0 Å². The molecule has 120 valence electrons. The number of aliphatic hydroxyl groups excluding tert-OH is 1. The zero-order chi connectivity index (χ0) is 15.1. The molecule has 2 unspecified atom stereocenters. The molecule has 0 aromatic carbocycles. The number of ether oxygens (including phenoxy) is 2. The van der Waals surface area contributed by atoms with Gasteiger partial charge < -0.3 is 19.5 Å². The number of hydrogen-bond acceptors (Lipinski definition) is 4. The smallest absolute Gasteiger partial charge is 0.161 e. The molecule has 1 saturated carbocycles. The van der Waals surface area contributed by atoms with E-state index in [4.69, 9.17) is 9.47 Å². The highest BCUT2D eigenvalue weighted by molar-refractivity contribution is 5.51. The molecular weight excluding hydrogens is 278 g/mol. The number of allylic oxidation sites excluding steroid dienone is 2. The van der Waals surface area contributed by atoms with E-state index in [1.807, 2.05) is 0 Å². The van der Waals surface area contributed by atoms with E-state index in [0.29, 0.717) is 12.0 Å². The first-order valence-corrected chi connectivity index (χ1v) is 8.72. The Morgan fingerprint density at radius 2 is 2.18 bits per heavy atom. The lowest BCUT2D eigenvalue weighted by atomic mass is 9.50. The first-order valence-electron chi connectivity index (χ1n) is 8.72. The Morgan fingerprint density at radius 1 is 1.32 bits per heavy atom. The molecule has 22 heavy (non-hydrogen) atoms. The SMILES string of the molecule is COC1=C2OC3C(O)CC[C@H]4[C@H]5CC(=C2[C@@]34CCN5C)CC1. The molecule has 4 nitrogen and oxygen atoms in total. The van der Waals surface area contributed by atoms with Gasteiger partial charge in [0, 0.05) is 23.5 Å². The lowest BCUT2D eigenvalue weighted by molar-refractivity contribution is -0.130. The molecule has 2 bridgehead atoms. The summed E-state index contributed by atoms with van der Waals surface area (Å²) in [4.78, 5) is 2.56. The third-order valence-electron chi connectivity index (χ3n) is 7.10. The van der Waals surface area contributed by atoms with Crippen LogP contribution in [0.4, 0.5) is 0 Å². The number of aliphatic hydroxyl groups is 1. The summed E-state index contributed by atoms with van der Waals surface area (Å²) in [6.07, 6.45) is 5.98. The minimum Gasteiger partial charge on any atom is -0.497 e. The number of hydrogen-bond donors (Lipinski definition) is 1. The Morgan fingerprint density at radius 3 is 3.00 bits per heavy atom. The molecule has 1 spiro atoms. The van der Waals surface area contributed by atoms with Crippen LogP contribution >= 0.6 is 0 Å². The molecule has 2 heterocycles. The topological polar surface area (TPSA) is 41.9 Å². The number of rotatable bonds is 1. The van der Waals surface area contributed by atoms with E-state index in [1.165, 1.54) is 12.0 Å². The highest BCUT2D eigenvalue weighted by Gasteiger charge is 2.66. The average molecular weight is 303 g/mol. The minimum absolute atomic E-state index is 0.0500. The summed E-state index contributed by atoms with van der Waals surface area (Å²) in [6.45, 7) is 1.11. The third kappa shape index (κ3) is 1.37. The van der Waals surface area contributed by atoms with Crippen LogP contribution in [-0.4, -0.2) is 49.0 Å². The molecule has 5 atom stereocenters. The van der Waals surface area contributed by atoms with Crippen LogP contribution < -0.4 is 0 Å². The second-order valence-electron chi connectivity index (χ2n) is 7.77. The molecule has 1 N–H and O–H groups in total. The van der Waals surface area contributed by atoms with E-state index >= 15 is 0 Å². The fraction of sp³-hybridized carbons (Fsp3) is 0.778. The van der Waals surface area contributed by atoms with Crippen molar-refractivity contribution in [1.82, 2.24) is 4.90 Å². The van der Waals surface area contributed by atoms with Gasteiger partial charge in [-0.15, -0.1) is 0 Å². The zero-order valence-corrected chi connectivity index (χ0v) is 13.5. The van der Waals surface area contributed by atoms with Gasteiger partial charge in [0.2, 0.25) is 0 Å². The fourth-order valence-corrected chi connectivity index (χ4v) is 6.19. The van der Waals surface area contributed by atoms with E-state index in [-0.39, 0.29) is 17.6 Å². The van der Waals surface area contributed by atoms with Crippen LogP contribution in [0, 0.1) is 11.3 Å². The Hall–Kier alpha value is -1.00. The van der Waals surface area contributed by atoms with Crippen molar-refractivity contribution in [3.8, 4) is 0 Å². The Kier molecular flexibility index (Phi) is 2.62. The number of nitrogens with zero attached hydrogens (tertiary/aromatic N) is 1. The van der Waals surface area contributed by atoms with Gasteiger partial charge in [-0.1, -0.05) is 5.57 Å². The molecule has 2 saturated heterocycles. The van der Waals surface area contributed by atoms with Crippen LogP contribution in [0.3, 0.4) is 0 Å². The molecule has 4 heteroatoms. The van der Waals surface area contributed by atoms with Gasteiger partial charge in [-0.05, 0) is 51.6 Å². The summed E-state index contributed by atoms with van der Waals surface area (Å²) < 4.78 is 12.0. The molecular formula is C18H25NO3. The van der Waals surface area contributed by atoms with Gasteiger partial charge in [0.1, 0.15) is 11.9 Å². The van der Waals surface area contributed by atoms with Gasteiger partial charge in [-0.3, -0.25) is 0 Å². The van der Waals surface area contributed by atoms with Gasteiger partial charge in [0.05, 0.1) is 13.2 Å². The van der Waals surface area contributed by atoms with Crippen molar-refractivity contribution >= 4 is 0 Å². The fourth-order valence-electron chi connectivity index (χ4n) is 6.19. The van der Waals surface area contributed by atoms with Crippen molar-refractivity contribution in [2.24, 2.45) is 11.3 Å². The Labute approximate surface area is 131 Å². The second kappa shape index (κ2) is 4.30. The van der Waals surface area contributed by atoms with E-state index in [9.17, 15) is 5.11 Å². The highest BCUT2D eigenvalue weighted by Crippen LogP contribution is 2.66. The van der Waals surface area contributed by atoms with Crippen molar-refractivity contribution in [2.45, 2.75) is 56.8 Å². The molecule has 0 amide bonds. The highest BCUT2D eigenvalue weighted by atomic mass is 16.5. The van der Waals surface area contributed by atoms with Gasteiger partial charge >= 0.3 is 0 Å². The van der Waals surface area contributed by atoms with Crippen LogP contribution in [0.1, 0.15) is 38.5 Å². The van der Waals surface area contributed by atoms with E-state index in [2.05, 4.69) is 11.9 Å². The van der Waals surface area contributed by atoms with Crippen LogP contribution in [0.2, 0.25) is 0 Å². The maximum atomic E-state index is 10.7. The molecule has 3 fully saturated rings. The number of piperidine rings is 1. The van der Waals surface area contributed by atoms with Crippen LogP contribution in [-0.2, 0) is 9.47 Å². The summed E-state index contributed by atoms with van der Waals surface area (Å²) in [7, 11) is 4.03. The number of methoxy groups -OCH3 is 1. The van der Waals surface area contributed by atoms with Crippen LogP contribution in [0.5, 0.6) is 0 Å². The van der Waals surface area contributed by atoms with Crippen molar-refractivity contribution in [3.05, 3.63) is 22.7 Å². The summed E-state index contributed by atoms with van der Waals surface area (Å²) in [5, 5.41) is 10.7. The van der Waals surface area contributed by atoms with Crippen LogP contribution in [0.15, 0.2) is 22.7 Å². The maximum Gasteiger partial charge on any atom is 0.161 e. The lowest BCUT2D eigenvalue weighted by Crippen LogP contribution is -2.62. The first kappa shape index (κ1) is 13.4. The van der Waals surface area contributed by atoms with E-state index < -0.39 is 0 Å². The maximum absolute atomic E-state index is 10.7. The van der Waals surface area contributed by atoms with E-state index in [0.717, 1.165) is 50.2 Å². The standard InChI is InChI=1S/C18H25NO3/c1-19-8-7-18-11-4-5-13(20)17(18)22-16-14(21-2)6-3-10(15(16)18)9-12(11)19/h11-13,17,20H,3-9H2,1-2H3/t11-,12+,13?,17?,18-/m0/s1. The van der Waals surface area contributed by atoms with Crippen molar-refractivity contribution < 1.29 is 14.6 Å². The van der Waals surface area contributed by atoms with Crippen LogP contribution in [0.25, 0.3) is 0 Å². The Bertz CT molecular complexity index is 595. The summed E-state index contributed by atoms with van der Waals surface area (Å²) >= 11 is 0.